The van der Waals surface area contributed by atoms with E-state index in [0.29, 0.717) is 37.4 Å². The lowest BCUT2D eigenvalue weighted by Crippen LogP contribution is -2.33. The molecule has 14 heteroatoms. The van der Waals surface area contributed by atoms with E-state index in [4.69, 9.17) is 21.1 Å². The normalized spacial score (nSPS) is 18.2. The zero-order valence-corrected chi connectivity index (χ0v) is 28.0. The van der Waals surface area contributed by atoms with Gasteiger partial charge in [-0.1, -0.05) is 46.8 Å². The van der Waals surface area contributed by atoms with E-state index in [1.807, 2.05) is 0 Å². The van der Waals surface area contributed by atoms with Crippen molar-refractivity contribution in [2.45, 2.75) is 36.6 Å². The van der Waals surface area contributed by atoms with Gasteiger partial charge in [0.2, 0.25) is 17.7 Å². The number of aromatic nitrogens is 1. The smallest absolute Gasteiger partial charge is 0.338 e. The lowest BCUT2D eigenvalue weighted by atomic mass is 9.83. The van der Waals surface area contributed by atoms with Gasteiger partial charge in [0, 0.05) is 21.5 Å². The molecule has 1 saturated heterocycles. The van der Waals surface area contributed by atoms with E-state index in [0.717, 1.165) is 28.0 Å². The van der Waals surface area contributed by atoms with Gasteiger partial charge >= 0.3 is 16.8 Å². The number of imide groups is 1. The third-order valence-electron chi connectivity index (χ3n) is 7.90. The fourth-order valence-electron chi connectivity index (χ4n) is 5.75. The van der Waals surface area contributed by atoms with Crippen LogP contribution in [-0.2, 0) is 30.4 Å². The summed E-state index contributed by atoms with van der Waals surface area (Å²) in [5, 5.41) is 2.76. The van der Waals surface area contributed by atoms with Gasteiger partial charge in [0.1, 0.15) is 11.8 Å². The lowest BCUT2D eigenvalue weighted by Gasteiger charge is -2.30. The molecule has 48 heavy (non-hydrogen) atoms. The minimum absolute atomic E-state index is 0.206. The number of thioether (sulfide) groups is 1. The second kappa shape index (κ2) is 13.8. The van der Waals surface area contributed by atoms with Crippen LogP contribution in [-0.4, -0.2) is 52.7 Å². The third kappa shape index (κ3) is 6.28. The van der Waals surface area contributed by atoms with Crippen LogP contribution in [0.1, 0.15) is 50.9 Å². The summed E-state index contributed by atoms with van der Waals surface area (Å²) in [6.07, 6.45) is 0. The number of rotatable bonds is 9. The summed E-state index contributed by atoms with van der Waals surface area (Å²) in [7, 11) is 0. The molecule has 1 N–H and O–H groups in total. The fraction of sp³-hybridized carbons (Fsp3) is 0.235. The van der Waals surface area contributed by atoms with Crippen molar-refractivity contribution in [1.29, 1.82) is 0 Å². The van der Waals surface area contributed by atoms with Crippen molar-refractivity contribution < 1.29 is 33.4 Å². The monoisotopic (exact) mass is 705 g/mol. The SMILES string of the molecule is CCOC(=O)c1ccc(NC(=O)Cn2c3c(sc2=O)[C@@H](c2ccc(Cl)cc2)[C@H]2C(=O)N(c4ccc(C(=O)OCC)cc4)C(=O)[C@H]2S3)cc1. The minimum atomic E-state index is -0.894. The Balaban J connectivity index is 1.31. The van der Waals surface area contributed by atoms with Crippen LogP contribution < -0.4 is 15.1 Å². The van der Waals surface area contributed by atoms with Gasteiger partial charge in [0.25, 0.3) is 0 Å². The first-order chi connectivity index (χ1) is 23.1. The van der Waals surface area contributed by atoms with Crippen molar-refractivity contribution >= 4 is 75.7 Å². The van der Waals surface area contributed by atoms with Gasteiger partial charge in [-0.2, -0.15) is 0 Å². The molecule has 3 atom stereocenters. The molecule has 0 spiro atoms. The van der Waals surface area contributed by atoms with Crippen molar-refractivity contribution in [3.05, 3.63) is 109 Å². The summed E-state index contributed by atoms with van der Waals surface area (Å²) in [5.74, 6) is -3.92. The highest BCUT2D eigenvalue weighted by Gasteiger charge is 2.56. The Morgan fingerprint density at radius 1 is 0.812 bits per heavy atom. The zero-order valence-electron chi connectivity index (χ0n) is 25.6. The van der Waals surface area contributed by atoms with Crippen LogP contribution in [0.4, 0.5) is 11.4 Å². The van der Waals surface area contributed by atoms with Crippen LogP contribution in [0.15, 0.2) is 82.6 Å². The average molecular weight is 706 g/mol. The molecule has 0 radical (unpaired) electrons. The zero-order chi connectivity index (χ0) is 34.1. The molecule has 0 unspecified atom stereocenters. The number of hydrogen-bond donors (Lipinski definition) is 1. The van der Waals surface area contributed by atoms with Gasteiger partial charge in [-0.05, 0) is 80.1 Å². The van der Waals surface area contributed by atoms with Crippen LogP contribution in [0.2, 0.25) is 5.02 Å². The number of thiazole rings is 1. The number of anilines is 2. The predicted molar refractivity (Wildman–Crippen MR) is 181 cm³/mol. The molecular formula is C34H28ClN3O8S2. The number of amides is 3. The maximum absolute atomic E-state index is 14.1. The first-order valence-corrected chi connectivity index (χ1v) is 17.1. The number of benzene rings is 3. The van der Waals surface area contributed by atoms with Gasteiger partial charge < -0.3 is 14.8 Å². The quantitative estimate of drug-likeness (QED) is 0.180. The average Bonchev–Trinajstić information content (AvgIpc) is 3.52. The van der Waals surface area contributed by atoms with Crippen LogP contribution in [0, 0.1) is 5.92 Å². The van der Waals surface area contributed by atoms with Crippen molar-refractivity contribution in [2.75, 3.05) is 23.4 Å². The topological polar surface area (TPSA) is 141 Å². The van der Waals surface area contributed by atoms with E-state index < -0.39 is 51.6 Å². The summed E-state index contributed by atoms with van der Waals surface area (Å²) in [6.45, 7) is 3.50. The molecule has 3 amide bonds. The van der Waals surface area contributed by atoms with Gasteiger partial charge in [-0.15, -0.1) is 0 Å². The number of fused-ring (bicyclic) bond motifs is 2. The molecule has 0 saturated carbocycles. The molecule has 2 aliphatic heterocycles. The number of nitrogens with one attached hydrogen (secondary N) is 1. The first-order valence-electron chi connectivity index (χ1n) is 15.0. The molecule has 1 fully saturated rings. The molecule has 1 aromatic heterocycles. The Morgan fingerprint density at radius 2 is 1.40 bits per heavy atom. The number of esters is 2. The number of ether oxygens (including phenoxy) is 2. The van der Waals surface area contributed by atoms with Crippen molar-refractivity contribution in [3.8, 4) is 0 Å². The number of nitrogens with zero attached hydrogens (tertiary/aromatic N) is 2. The molecular weight excluding hydrogens is 678 g/mol. The third-order valence-corrected chi connectivity index (χ3v) is 10.8. The summed E-state index contributed by atoms with van der Waals surface area (Å²) in [5.41, 5.74) is 2.02. The van der Waals surface area contributed by atoms with Crippen LogP contribution >= 0.6 is 34.7 Å². The Kier molecular flexibility index (Phi) is 9.54. The van der Waals surface area contributed by atoms with E-state index in [1.54, 1.807) is 50.2 Å². The Labute approximate surface area is 287 Å². The Hall–Kier alpha value is -4.72. The molecule has 4 aromatic rings. The van der Waals surface area contributed by atoms with E-state index in [1.165, 1.54) is 41.0 Å². The molecule has 3 aromatic carbocycles. The van der Waals surface area contributed by atoms with Crippen molar-refractivity contribution in [2.24, 2.45) is 5.92 Å². The largest absolute Gasteiger partial charge is 0.462 e. The van der Waals surface area contributed by atoms with E-state index in [2.05, 4.69) is 5.32 Å². The molecule has 6 rings (SSSR count). The highest BCUT2D eigenvalue weighted by Crippen LogP contribution is 2.54. The predicted octanol–water partition coefficient (Wildman–Crippen LogP) is 5.35. The van der Waals surface area contributed by atoms with Gasteiger partial charge in [-0.25, -0.2) is 14.5 Å². The van der Waals surface area contributed by atoms with E-state index >= 15 is 0 Å². The minimum Gasteiger partial charge on any atom is -0.462 e. The number of carbonyl (C=O) groups excluding carboxylic acids is 5. The summed E-state index contributed by atoms with van der Waals surface area (Å²) >= 11 is 8.20. The number of carbonyl (C=O) groups is 5. The summed E-state index contributed by atoms with van der Waals surface area (Å²) in [4.78, 5) is 80.1. The second-order valence-electron chi connectivity index (χ2n) is 10.8. The van der Waals surface area contributed by atoms with Crippen LogP contribution in [0.25, 0.3) is 0 Å². The molecule has 246 valence electrons. The first kappa shape index (κ1) is 33.2. The van der Waals surface area contributed by atoms with E-state index in [9.17, 15) is 28.8 Å². The van der Waals surface area contributed by atoms with Crippen molar-refractivity contribution in [1.82, 2.24) is 4.57 Å². The Bertz CT molecular complexity index is 1970. The molecule has 0 aliphatic carbocycles. The second-order valence-corrected chi connectivity index (χ2v) is 13.4. The highest BCUT2D eigenvalue weighted by atomic mass is 35.5. The maximum Gasteiger partial charge on any atom is 0.338 e. The summed E-state index contributed by atoms with van der Waals surface area (Å²) < 4.78 is 11.4. The standard InChI is InChI=1S/C34H28ClN3O8S2/c1-3-45-32(42)19-7-13-22(14-8-19)36-24(39)17-37-31-28(48-34(37)44)25(18-5-11-21(35)12-6-18)26-27(47-31)30(41)38(29(26)40)23-15-9-20(10-16-23)33(43)46-4-2/h5-16,25-27H,3-4,17H2,1-2H3,(H,36,39)/t25-,26+,27-/m0/s1. The number of halogens is 1. The fourth-order valence-corrected chi connectivity index (χ4v) is 8.65. The Morgan fingerprint density at radius 3 is 1.98 bits per heavy atom. The van der Waals surface area contributed by atoms with Crippen molar-refractivity contribution in [3.63, 3.8) is 0 Å². The summed E-state index contributed by atoms with van der Waals surface area (Å²) in [6, 6.07) is 19.1. The molecule has 0 bridgehead atoms. The highest BCUT2D eigenvalue weighted by molar-refractivity contribution is 8.00. The number of hydrogen-bond acceptors (Lipinski definition) is 10. The maximum atomic E-state index is 14.1. The molecule has 11 nitrogen and oxygen atoms in total. The van der Waals surface area contributed by atoms with Gasteiger partial charge in [0.05, 0.1) is 41.0 Å². The molecule has 2 aliphatic rings. The molecule has 3 heterocycles. The van der Waals surface area contributed by atoms with Gasteiger partial charge in [0.15, 0.2) is 0 Å². The lowest BCUT2D eigenvalue weighted by molar-refractivity contribution is -0.122. The van der Waals surface area contributed by atoms with Crippen LogP contribution in [0.3, 0.4) is 0 Å². The van der Waals surface area contributed by atoms with E-state index in [-0.39, 0.29) is 25.3 Å². The van der Waals surface area contributed by atoms with Gasteiger partial charge in [-0.3, -0.25) is 23.7 Å². The van der Waals surface area contributed by atoms with Crippen LogP contribution in [0.5, 0.6) is 0 Å².